The predicted octanol–water partition coefficient (Wildman–Crippen LogP) is 9.46. The van der Waals surface area contributed by atoms with Crippen molar-refractivity contribution in [2.45, 2.75) is 0 Å². The highest BCUT2D eigenvalue weighted by atomic mass is 35.5. The zero-order valence-electron chi connectivity index (χ0n) is 20.1. The molecule has 5 aromatic carbocycles. The van der Waals surface area contributed by atoms with Crippen LogP contribution in [0.25, 0.3) is 56.2 Å². The third kappa shape index (κ3) is 5.06. The second-order valence-electron chi connectivity index (χ2n) is 8.86. The van der Waals surface area contributed by atoms with Crippen molar-refractivity contribution >= 4 is 11.6 Å². The highest BCUT2D eigenvalue weighted by Gasteiger charge is 2.12. The van der Waals surface area contributed by atoms with Crippen LogP contribution in [0.4, 0.5) is 0 Å². The van der Waals surface area contributed by atoms with Crippen LogP contribution in [-0.4, -0.2) is 9.97 Å². The van der Waals surface area contributed by atoms with Crippen LogP contribution in [0.5, 0.6) is 0 Å². The summed E-state index contributed by atoms with van der Waals surface area (Å²) in [4.78, 5) is 9.95. The van der Waals surface area contributed by atoms with Crippen molar-refractivity contribution < 1.29 is 0 Å². The molecule has 0 radical (unpaired) electrons. The van der Waals surface area contributed by atoms with Crippen LogP contribution in [0.15, 0.2) is 140 Å². The molecule has 0 aliphatic heterocycles. The third-order valence-corrected chi connectivity index (χ3v) is 6.60. The Bertz CT molecular complexity index is 1660. The predicted molar refractivity (Wildman–Crippen MR) is 154 cm³/mol. The van der Waals surface area contributed by atoms with E-state index in [0.29, 0.717) is 5.82 Å². The van der Waals surface area contributed by atoms with Gasteiger partial charge in [-0.1, -0.05) is 127 Å². The molecule has 3 heteroatoms. The van der Waals surface area contributed by atoms with Gasteiger partial charge in [-0.2, -0.15) is 0 Å². The van der Waals surface area contributed by atoms with Crippen LogP contribution in [-0.2, 0) is 0 Å². The van der Waals surface area contributed by atoms with E-state index in [9.17, 15) is 0 Å². The molecule has 0 bridgehead atoms. The molecule has 0 unspecified atom stereocenters. The number of benzene rings is 5. The zero-order chi connectivity index (χ0) is 25.0. The lowest BCUT2D eigenvalue weighted by Gasteiger charge is -2.11. The number of hydrogen-bond acceptors (Lipinski definition) is 2. The fraction of sp³-hybridized carbons (Fsp3) is 0. The quantitative estimate of drug-likeness (QED) is 0.238. The van der Waals surface area contributed by atoms with Crippen molar-refractivity contribution in [3.63, 3.8) is 0 Å². The largest absolute Gasteiger partial charge is 0.228 e. The number of halogens is 1. The fourth-order valence-electron chi connectivity index (χ4n) is 4.45. The van der Waals surface area contributed by atoms with Crippen LogP contribution >= 0.6 is 11.6 Å². The Hall–Kier alpha value is -4.53. The van der Waals surface area contributed by atoms with E-state index in [4.69, 9.17) is 21.6 Å². The van der Waals surface area contributed by atoms with Crippen molar-refractivity contribution in [3.8, 4) is 56.2 Å². The minimum atomic E-state index is 0.706. The van der Waals surface area contributed by atoms with Crippen LogP contribution in [0.1, 0.15) is 0 Å². The second kappa shape index (κ2) is 10.2. The summed E-state index contributed by atoms with van der Waals surface area (Å²) in [6, 6.07) is 47.5. The Morgan fingerprint density at radius 3 is 1.51 bits per heavy atom. The van der Waals surface area contributed by atoms with Gasteiger partial charge in [-0.05, 0) is 46.5 Å². The molecule has 0 aliphatic carbocycles. The Morgan fingerprint density at radius 1 is 0.351 bits per heavy atom. The van der Waals surface area contributed by atoms with Crippen molar-refractivity contribution in [3.05, 3.63) is 145 Å². The topological polar surface area (TPSA) is 25.8 Å². The average Bonchev–Trinajstić information content (AvgIpc) is 2.98. The van der Waals surface area contributed by atoms with Crippen LogP contribution in [0, 0.1) is 0 Å². The highest BCUT2D eigenvalue weighted by Crippen LogP contribution is 2.31. The maximum absolute atomic E-state index is 6.21. The molecule has 37 heavy (non-hydrogen) atoms. The number of rotatable bonds is 5. The smallest absolute Gasteiger partial charge is 0.160 e. The summed E-state index contributed by atoms with van der Waals surface area (Å²) in [6.45, 7) is 0. The Labute approximate surface area is 221 Å². The van der Waals surface area contributed by atoms with Gasteiger partial charge in [-0.15, -0.1) is 0 Å². The molecule has 1 heterocycles. The van der Waals surface area contributed by atoms with E-state index >= 15 is 0 Å². The van der Waals surface area contributed by atoms with Crippen molar-refractivity contribution in [1.29, 1.82) is 0 Å². The van der Waals surface area contributed by atoms with Crippen molar-refractivity contribution in [1.82, 2.24) is 9.97 Å². The zero-order valence-corrected chi connectivity index (χ0v) is 20.8. The molecule has 0 amide bonds. The molecule has 0 spiro atoms. The molecule has 2 nitrogen and oxygen atoms in total. The first-order chi connectivity index (χ1) is 18.2. The monoisotopic (exact) mass is 494 g/mol. The van der Waals surface area contributed by atoms with Gasteiger partial charge in [0.25, 0.3) is 0 Å². The molecule has 6 rings (SSSR count). The highest BCUT2D eigenvalue weighted by molar-refractivity contribution is 6.30. The maximum atomic E-state index is 6.21. The summed E-state index contributed by atoms with van der Waals surface area (Å²) in [5.74, 6) is 0.706. The SMILES string of the molecule is Clc1cccc(-c2ccc(-c3cc(-c4cccc(-c5ccccc5)c4)nc(-c4ccccc4)n3)cc2)c1. The third-order valence-electron chi connectivity index (χ3n) is 6.36. The second-order valence-corrected chi connectivity index (χ2v) is 9.30. The van der Waals surface area contributed by atoms with Gasteiger partial charge in [0, 0.05) is 21.7 Å². The molecule has 176 valence electrons. The number of nitrogens with zero attached hydrogens (tertiary/aromatic N) is 2. The van der Waals surface area contributed by atoms with E-state index < -0.39 is 0 Å². The first kappa shape index (κ1) is 22.9. The lowest BCUT2D eigenvalue weighted by atomic mass is 9.99. The summed E-state index contributed by atoms with van der Waals surface area (Å²) in [7, 11) is 0. The standard InChI is InChI=1S/C34H23ClN2/c35-31-16-8-14-29(22-31)25-17-19-26(20-18-25)32-23-33(37-34(36-32)27-11-5-2-6-12-27)30-15-7-13-28(21-30)24-9-3-1-4-10-24/h1-23H. The molecule has 0 N–H and O–H groups in total. The normalized spacial score (nSPS) is 10.8. The van der Waals surface area contributed by atoms with Crippen LogP contribution in [0.3, 0.4) is 0 Å². The summed E-state index contributed by atoms with van der Waals surface area (Å²) < 4.78 is 0. The fourth-order valence-corrected chi connectivity index (χ4v) is 4.64. The van der Waals surface area contributed by atoms with Crippen LogP contribution < -0.4 is 0 Å². The van der Waals surface area contributed by atoms with Crippen LogP contribution in [0.2, 0.25) is 5.02 Å². The summed E-state index contributed by atoms with van der Waals surface area (Å²) in [6.07, 6.45) is 0. The lowest BCUT2D eigenvalue weighted by Crippen LogP contribution is -1.96. The van der Waals surface area contributed by atoms with Gasteiger partial charge in [-0.3, -0.25) is 0 Å². The van der Waals surface area contributed by atoms with Gasteiger partial charge in [-0.25, -0.2) is 9.97 Å². The molecular formula is C34H23ClN2. The summed E-state index contributed by atoms with van der Waals surface area (Å²) in [5, 5.41) is 0.729. The van der Waals surface area contributed by atoms with E-state index in [1.54, 1.807) is 0 Å². The Balaban J connectivity index is 1.44. The molecule has 0 saturated carbocycles. The molecule has 0 aliphatic rings. The maximum Gasteiger partial charge on any atom is 0.160 e. The Kier molecular flexibility index (Phi) is 6.33. The molecule has 0 atom stereocenters. The molecule has 0 fully saturated rings. The molecular weight excluding hydrogens is 472 g/mol. The molecule has 6 aromatic rings. The van der Waals surface area contributed by atoms with Gasteiger partial charge in [0.2, 0.25) is 0 Å². The van der Waals surface area contributed by atoms with E-state index in [2.05, 4.69) is 84.9 Å². The first-order valence-electron chi connectivity index (χ1n) is 12.2. The molecule has 1 aromatic heterocycles. The number of hydrogen-bond donors (Lipinski definition) is 0. The minimum Gasteiger partial charge on any atom is -0.228 e. The van der Waals surface area contributed by atoms with Crippen molar-refractivity contribution in [2.24, 2.45) is 0 Å². The number of aromatic nitrogens is 2. The van der Waals surface area contributed by atoms with Gasteiger partial charge in [0.1, 0.15) is 0 Å². The van der Waals surface area contributed by atoms with Gasteiger partial charge < -0.3 is 0 Å². The molecule has 0 saturated heterocycles. The van der Waals surface area contributed by atoms with Gasteiger partial charge in [0.15, 0.2) is 5.82 Å². The first-order valence-corrected chi connectivity index (χ1v) is 12.6. The van der Waals surface area contributed by atoms with E-state index in [1.807, 2.05) is 54.6 Å². The van der Waals surface area contributed by atoms with Gasteiger partial charge >= 0.3 is 0 Å². The Morgan fingerprint density at radius 2 is 0.838 bits per heavy atom. The summed E-state index contributed by atoms with van der Waals surface area (Å²) in [5.41, 5.74) is 9.38. The van der Waals surface area contributed by atoms with E-state index in [1.165, 1.54) is 5.56 Å². The lowest BCUT2D eigenvalue weighted by molar-refractivity contribution is 1.18. The van der Waals surface area contributed by atoms with E-state index in [-0.39, 0.29) is 0 Å². The van der Waals surface area contributed by atoms with Gasteiger partial charge in [0.05, 0.1) is 11.4 Å². The minimum absolute atomic E-state index is 0.706. The van der Waals surface area contributed by atoms with E-state index in [0.717, 1.165) is 49.8 Å². The van der Waals surface area contributed by atoms with Crippen molar-refractivity contribution in [2.75, 3.05) is 0 Å². The summed E-state index contributed by atoms with van der Waals surface area (Å²) >= 11 is 6.21. The average molecular weight is 495 g/mol.